The molecule has 1 atom stereocenters. The Labute approximate surface area is 110 Å². The lowest BCUT2D eigenvalue weighted by molar-refractivity contribution is 0.525. The third kappa shape index (κ3) is 2.99. The molecule has 2 rings (SSSR count). The monoisotopic (exact) mass is 300 g/mol. The van der Waals surface area contributed by atoms with Gasteiger partial charge in [-0.3, -0.25) is 0 Å². The summed E-state index contributed by atoms with van der Waals surface area (Å²) in [6.45, 7) is 4.96. The van der Waals surface area contributed by atoms with Gasteiger partial charge in [-0.25, -0.2) is 4.39 Å². The van der Waals surface area contributed by atoms with Gasteiger partial charge in [0.1, 0.15) is 5.82 Å². The van der Waals surface area contributed by atoms with Crippen molar-refractivity contribution in [2.75, 3.05) is 24.5 Å². The zero-order chi connectivity index (χ0) is 12.3. The van der Waals surface area contributed by atoms with Crippen LogP contribution in [0.25, 0.3) is 0 Å². The van der Waals surface area contributed by atoms with Crippen LogP contribution in [0.2, 0.25) is 0 Å². The molecule has 1 aromatic rings. The second kappa shape index (κ2) is 5.83. The van der Waals surface area contributed by atoms with E-state index in [9.17, 15) is 4.39 Å². The summed E-state index contributed by atoms with van der Waals surface area (Å²) < 4.78 is 14.7. The molecule has 1 aliphatic heterocycles. The molecule has 0 radical (unpaired) electrons. The third-order valence-corrected chi connectivity index (χ3v) is 3.87. The van der Waals surface area contributed by atoms with Gasteiger partial charge in [-0.2, -0.15) is 0 Å². The Bertz CT molecular complexity index is 363. The molecule has 0 bridgehead atoms. The Morgan fingerprint density at radius 3 is 3.06 bits per heavy atom. The van der Waals surface area contributed by atoms with Crippen LogP contribution in [0.5, 0.6) is 0 Å². The summed E-state index contributed by atoms with van der Waals surface area (Å²) in [4.78, 5) is 2.15. The molecule has 4 heteroatoms. The first kappa shape index (κ1) is 12.8. The lowest BCUT2D eigenvalue weighted by Gasteiger charge is -2.27. The summed E-state index contributed by atoms with van der Waals surface area (Å²) in [5.41, 5.74) is 0.703. The molecule has 17 heavy (non-hydrogen) atoms. The van der Waals surface area contributed by atoms with Gasteiger partial charge in [-0.05, 0) is 47.4 Å². The summed E-state index contributed by atoms with van der Waals surface area (Å²) in [6, 6.07) is 5.61. The van der Waals surface area contributed by atoms with Crippen molar-refractivity contribution < 1.29 is 4.39 Å². The lowest BCUT2D eigenvalue weighted by Crippen LogP contribution is -2.37. The van der Waals surface area contributed by atoms with Gasteiger partial charge >= 0.3 is 0 Å². The minimum atomic E-state index is -0.142. The van der Waals surface area contributed by atoms with Gasteiger partial charge in [-0.15, -0.1) is 0 Å². The van der Waals surface area contributed by atoms with Crippen molar-refractivity contribution >= 4 is 21.6 Å². The number of halogens is 2. The van der Waals surface area contributed by atoms with Gasteiger partial charge in [0, 0.05) is 23.6 Å². The molecule has 1 N–H and O–H groups in total. The second-order valence-electron chi connectivity index (χ2n) is 4.43. The predicted octanol–water partition coefficient (Wildman–Crippen LogP) is 3.17. The minimum absolute atomic E-state index is 0.142. The SMILES string of the molecule is CCC1CN(c2c(F)cccc2Br)CCCN1. The summed E-state index contributed by atoms with van der Waals surface area (Å²) in [6.07, 6.45) is 2.12. The quantitative estimate of drug-likeness (QED) is 0.902. The molecule has 0 aliphatic carbocycles. The van der Waals surface area contributed by atoms with Crippen molar-refractivity contribution in [3.63, 3.8) is 0 Å². The molecular weight excluding hydrogens is 283 g/mol. The van der Waals surface area contributed by atoms with Crippen molar-refractivity contribution in [1.82, 2.24) is 5.32 Å². The van der Waals surface area contributed by atoms with Crippen molar-refractivity contribution in [2.24, 2.45) is 0 Å². The number of nitrogens with zero attached hydrogens (tertiary/aromatic N) is 1. The molecule has 0 saturated carbocycles. The van der Waals surface area contributed by atoms with E-state index in [1.54, 1.807) is 6.07 Å². The zero-order valence-corrected chi connectivity index (χ0v) is 11.6. The lowest BCUT2D eigenvalue weighted by atomic mass is 10.2. The molecule has 1 saturated heterocycles. The van der Waals surface area contributed by atoms with E-state index in [-0.39, 0.29) is 5.82 Å². The van der Waals surface area contributed by atoms with Gasteiger partial charge in [0.2, 0.25) is 0 Å². The molecule has 1 heterocycles. The van der Waals surface area contributed by atoms with Gasteiger partial charge in [0.05, 0.1) is 5.69 Å². The van der Waals surface area contributed by atoms with Crippen LogP contribution < -0.4 is 10.2 Å². The highest BCUT2D eigenvalue weighted by Crippen LogP contribution is 2.30. The summed E-state index contributed by atoms with van der Waals surface area (Å²) >= 11 is 3.45. The third-order valence-electron chi connectivity index (χ3n) is 3.23. The number of hydrogen-bond acceptors (Lipinski definition) is 2. The average Bonchev–Trinajstić information content (AvgIpc) is 2.54. The van der Waals surface area contributed by atoms with Gasteiger partial charge < -0.3 is 10.2 Å². The number of anilines is 1. The average molecular weight is 301 g/mol. The Balaban J connectivity index is 2.25. The van der Waals surface area contributed by atoms with E-state index in [2.05, 4.69) is 33.1 Å². The second-order valence-corrected chi connectivity index (χ2v) is 5.28. The number of para-hydroxylation sites is 1. The van der Waals surface area contributed by atoms with E-state index in [0.717, 1.165) is 36.9 Å². The van der Waals surface area contributed by atoms with E-state index >= 15 is 0 Å². The summed E-state index contributed by atoms with van der Waals surface area (Å²) in [5.74, 6) is -0.142. The molecule has 0 amide bonds. The van der Waals surface area contributed by atoms with E-state index in [1.807, 2.05) is 6.07 Å². The van der Waals surface area contributed by atoms with Gasteiger partial charge in [0.25, 0.3) is 0 Å². The standard InChI is InChI=1S/C13H18BrFN2/c1-2-10-9-17(8-4-7-16-10)13-11(14)5-3-6-12(13)15/h3,5-6,10,16H,2,4,7-9H2,1H3. The smallest absolute Gasteiger partial charge is 0.147 e. The molecular formula is C13H18BrFN2. The number of rotatable bonds is 2. The maximum Gasteiger partial charge on any atom is 0.147 e. The highest BCUT2D eigenvalue weighted by Gasteiger charge is 2.20. The van der Waals surface area contributed by atoms with Crippen LogP contribution in [0.1, 0.15) is 19.8 Å². The first-order chi connectivity index (χ1) is 8.22. The maximum absolute atomic E-state index is 13.9. The van der Waals surface area contributed by atoms with Crippen LogP contribution in [0.15, 0.2) is 22.7 Å². The largest absolute Gasteiger partial charge is 0.367 e. The zero-order valence-electron chi connectivity index (χ0n) is 10.0. The number of benzene rings is 1. The Morgan fingerprint density at radius 1 is 1.53 bits per heavy atom. The Kier molecular flexibility index (Phi) is 4.40. The first-order valence-corrected chi connectivity index (χ1v) is 6.94. The maximum atomic E-state index is 13.9. The van der Waals surface area contributed by atoms with E-state index in [1.165, 1.54) is 6.07 Å². The first-order valence-electron chi connectivity index (χ1n) is 6.14. The van der Waals surface area contributed by atoms with Crippen molar-refractivity contribution in [3.05, 3.63) is 28.5 Å². The van der Waals surface area contributed by atoms with Crippen molar-refractivity contribution in [2.45, 2.75) is 25.8 Å². The van der Waals surface area contributed by atoms with E-state index < -0.39 is 0 Å². The Morgan fingerprint density at radius 2 is 2.35 bits per heavy atom. The molecule has 0 aromatic heterocycles. The molecule has 2 nitrogen and oxygen atoms in total. The number of nitrogens with one attached hydrogen (secondary N) is 1. The fourth-order valence-electron chi connectivity index (χ4n) is 2.27. The summed E-state index contributed by atoms with van der Waals surface area (Å²) in [5, 5.41) is 3.49. The van der Waals surface area contributed by atoms with Crippen LogP contribution in [0, 0.1) is 5.82 Å². The predicted molar refractivity (Wildman–Crippen MR) is 73.0 cm³/mol. The van der Waals surface area contributed by atoms with Gasteiger partial charge in [0.15, 0.2) is 0 Å². The minimum Gasteiger partial charge on any atom is -0.367 e. The summed E-state index contributed by atoms with van der Waals surface area (Å²) in [7, 11) is 0. The van der Waals surface area contributed by atoms with Gasteiger partial charge in [-0.1, -0.05) is 13.0 Å². The topological polar surface area (TPSA) is 15.3 Å². The molecule has 94 valence electrons. The number of hydrogen-bond donors (Lipinski definition) is 1. The highest BCUT2D eigenvalue weighted by atomic mass is 79.9. The van der Waals surface area contributed by atoms with E-state index in [4.69, 9.17) is 0 Å². The molecule has 0 spiro atoms. The van der Waals surface area contributed by atoms with Crippen LogP contribution in [0.4, 0.5) is 10.1 Å². The molecule has 1 aromatic carbocycles. The highest BCUT2D eigenvalue weighted by molar-refractivity contribution is 9.10. The van der Waals surface area contributed by atoms with E-state index in [0.29, 0.717) is 11.7 Å². The normalized spacial score (nSPS) is 21.4. The molecule has 1 unspecified atom stereocenters. The van der Waals surface area contributed by atoms with Crippen LogP contribution in [0.3, 0.4) is 0 Å². The van der Waals surface area contributed by atoms with Crippen molar-refractivity contribution in [3.8, 4) is 0 Å². The van der Waals surface area contributed by atoms with Crippen LogP contribution >= 0.6 is 15.9 Å². The fraction of sp³-hybridized carbons (Fsp3) is 0.538. The fourth-order valence-corrected chi connectivity index (χ4v) is 2.86. The molecule has 1 aliphatic rings. The Hall–Kier alpha value is -0.610. The molecule has 1 fully saturated rings. The van der Waals surface area contributed by atoms with Crippen molar-refractivity contribution in [1.29, 1.82) is 0 Å². The van der Waals surface area contributed by atoms with Crippen LogP contribution in [-0.2, 0) is 0 Å². The van der Waals surface area contributed by atoms with Crippen LogP contribution in [-0.4, -0.2) is 25.7 Å².